The molecule has 1 heterocycles. The molecule has 25 heavy (non-hydrogen) atoms. The molecule has 1 atom stereocenters. The van der Waals surface area contributed by atoms with Crippen LogP contribution in [0.5, 0.6) is 5.75 Å². The van der Waals surface area contributed by atoms with Crippen LogP contribution in [0.2, 0.25) is 0 Å². The zero-order valence-corrected chi connectivity index (χ0v) is 14.5. The number of para-hydroxylation sites is 1. The summed E-state index contributed by atoms with van der Waals surface area (Å²) in [7, 11) is 1.54. The summed E-state index contributed by atoms with van der Waals surface area (Å²) in [5, 5.41) is 2.92. The standard InChI is InChI=1S/C20H22N2O3/c1-14-7-9-16(10-8-14)22-13-15(11-19(22)23)12-21-20(24)17-5-3-4-6-18(17)25-2/h3-10,15H,11-13H2,1-2H3,(H,21,24)/t15-/m0/s1. The Morgan fingerprint density at radius 2 is 1.92 bits per heavy atom. The van der Waals surface area contributed by atoms with Crippen LogP contribution in [0.1, 0.15) is 22.3 Å². The van der Waals surface area contributed by atoms with E-state index in [0.29, 0.717) is 30.8 Å². The van der Waals surface area contributed by atoms with Gasteiger partial charge in [0.1, 0.15) is 5.75 Å². The molecule has 2 aromatic rings. The second kappa shape index (κ2) is 7.38. The monoisotopic (exact) mass is 338 g/mol. The fourth-order valence-electron chi connectivity index (χ4n) is 3.06. The smallest absolute Gasteiger partial charge is 0.255 e. The minimum atomic E-state index is -0.182. The summed E-state index contributed by atoms with van der Waals surface area (Å²) < 4.78 is 5.22. The van der Waals surface area contributed by atoms with Gasteiger partial charge in [0, 0.05) is 31.1 Å². The van der Waals surface area contributed by atoms with E-state index in [1.54, 1.807) is 30.2 Å². The van der Waals surface area contributed by atoms with Crippen molar-refractivity contribution in [3.8, 4) is 5.75 Å². The van der Waals surface area contributed by atoms with Crippen molar-refractivity contribution in [3.05, 3.63) is 59.7 Å². The van der Waals surface area contributed by atoms with Gasteiger partial charge in [0.2, 0.25) is 5.91 Å². The number of nitrogens with zero attached hydrogens (tertiary/aromatic N) is 1. The first-order valence-corrected chi connectivity index (χ1v) is 8.36. The van der Waals surface area contributed by atoms with Crippen LogP contribution in [0, 0.1) is 12.8 Å². The van der Waals surface area contributed by atoms with E-state index in [1.165, 1.54) is 0 Å². The van der Waals surface area contributed by atoms with Gasteiger partial charge in [-0.25, -0.2) is 0 Å². The second-order valence-electron chi connectivity index (χ2n) is 6.32. The topological polar surface area (TPSA) is 58.6 Å². The van der Waals surface area contributed by atoms with Crippen molar-refractivity contribution in [3.63, 3.8) is 0 Å². The largest absolute Gasteiger partial charge is 0.496 e. The predicted octanol–water partition coefficient (Wildman–Crippen LogP) is 2.79. The maximum Gasteiger partial charge on any atom is 0.255 e. The Morgan fingerprint density at radius 3 is 2.64 bits per heavy atom. The highest BCUT2D eigenvalue weighted by Crippen LogP contribution is 2.25. The Balaban J connectivity index is 1.60. The van der Waals surface area contributed by atoms with Gasteiger partial charge < -0.3 is 15.0 Å². The third-order valence-electron chi connectivity index (χ3n) is 4.45. The maximum absolute atomic E-state index is 12.4. The van der Waals surface area contributed by atoms with Gasteiger partial charge >= 0.3 is 0 Å². The molecule has 5 heteroatoms. The molecule has 0 radical (unpaired) electrons. The molecule has 0 unspecified atom stereocenters. The van der Waals surface area contributed by atoms with Gasteiger partial charge in [0.15, 0.2) is 0 Å². The lowest BCUT2D eigenvalue weighted by molar-refractivity contribution is -0.117. The van der Waals surface area contributed by atoms with Crippen LogP contribution in [0.15, 0.2) is 48.5 Å². The van der Waals surface area contributed by atoms with Gasteiger partial charge in [-0.05, 0) is 31.2 Å². The van der Waals surface area contributed by atoms with E-state index in [0.717, 1.165) is 11.3 Å². The molecule has 0 aromatic heterocycles. The molecule has 3 rings (SSSR count). The van der Waals surface area contributed by atoms with Crippen LogP contribution in [-0.2, 0) is 4.79 Å². The molecule has 0 saturated carbocycles. The van der Waals surface area contributed by atoms with Gasteiger partial charge in [-0.3, -0.25) is 9.59 Å². The average molecular weight is 338 g/mol. The Labute approximate surface area is 147 Å². The zero-order valence-electron chi connectivity index (χ0n) is 14.5. The van der Waals surface area contributed by atoms with E-state index in [1.807, 2.05) is 37.3 Å². The lowest BCUT2D eigenvalue weighted by Gasteiger charge is -2.17. The molecule has 2 amide bonds. The van der Waals surface area contributed by atoms with Crippen LogP contribution in [0.25, 0.3) is 0 Å². The van der Waals surface area contributed by atoms with Crippen molar-refractivity contribution in [2.24, 2.45) is 5.92 Å². The van der Waals surface area contributed by atoms with Gasteiger partial charge in [-0.2, -0.15) is 0 Å². The Hall–Kier alpha value is -2.82. The van der Waals surface area contributed by atoms with E-state index in [-0.39, 0.29) is 17.7 Å². The van der Waals surface area contributed by atoms with Crippen molar-refractivity contribution in [1.29, 1.82) is 0 Å². The number of carbonyl (C=O) groups excluding carboxylic acids is 2. The molecular weight excluding hydrogens is 316 g/mol. The Morgan fingerprint density at radius 1 is 1.20 bits per heavy atom. The van der Waals surface area contributed by atoms with E-state index >= 15 is 0 Å². The van der Waals surface area contributed by atoms with Gasteiger partial charge in [-0.1, -0.05) is 29.8 Å². The molecule has 1 N–H and O–H groups in total. The lowest BCUT2D eigenvalue weighted by atomic mass is 10.1. The first-order valence-electron chi connectivity index (χ1n) is 8.36. The fourth-order valence-corrected chi connectivity index (χ4v) is 3.06. The summed E-state index contributed by atoms with van der Waals surface area (Å²) in [4.78, 5) is 26.4. The summed E-state index contributed by atoms with van der Waals surface area (Å²) in [6.45, 7) is 3.10. The number of aryl methyl sites for hydroxylation is 1. The zero-order chi connectivity index (χ0) is 17.8. The molecule has 130 valence electrons. The summed E-state index contributed by atoms with van der Waals surface area (Å²) in [5.41, 5.74) is 2.58. The number of amides is 2. The van der Waals surface area contributed by atoms with Gasteiger partial charge in [0.25, 0.3) is 5.91 Å². The summed E-state index contributed by atoms with van der Waals surface area (Å²) in [5.74, 6) is 0.565. The van der Waals surface area contributed by atoms with Crippen LogP contribution >= 0.6 is 0 Å². The number of carbonyl (C=O) groups is 2. The first-order chi connectivity index (χ1) is 12.1. The third kappa shape index (κ3) is 3.82. The molecule has 0 bridgehead atoms. The molecule has 1 saturated heterocycles. The molecule has 5 nitrogen and oxygen atoms in total. The fraction of sp³-hybridized carbons (Fsp3) is 0.300. The highest BCUT2D eigenvalue weighted by molar-refractivity contribution is 5.97. The van der Waals surface area contributed by atoms with E-state index in [2.05, 4.69) is 5.32 Å². The van der Waals surface area contributed by atoms with Crippen molar-refractivity contribution < 1.29 is 14.3 Å². The molecule has 2 aromatic carbocycles. The van der Waals surface area contributed by atoms with Crippen molar-refractivity contribution in [2.45, 2.75) is 13.3 Å². The van der Waals surface area contributed by atoms with Crippen molar-refractivity contribution >= 4 is 17.5 Å². The minimum absolute atomic E-state index is 0.0976. The Kier molecular flexibility index (Phi) is 5.03. The number of hydrogen-bond donors (Lipinski definition) is 1. The van der Waals surface area contributed by atoms with Gasteiger partial charge in [0.05, 0.1) is 12.7 Å². The van der Waals surface area contributed by atoms with E-state index < -0.39 is 0 Å². The lowest BCUT2D eigenvalue weighted by Crippen LogP contribution is -2.31. The number of nitrogens with one attached hydrogen (secondary N) is 1. The number of methoxy groups -OCH3 is 1. The van der Waals surface area contributed by atoms with Crippen LogP contribution in [-0.4, -0.2) is 32.0 Å². The maximum atomic E-state index is 12.4. The van der Waals surface area contributed by atoms with Crippen molar-refractivity contribution in [2.75, 3.05) is 25.1 Å². The number of anilines is 1. The van der Waals surface area contributed by atoms with Gasteiger partial charge in [-0.15, -0.1) is 0 Å². The highest BCUT2D eigenvalue weighted by Gasteiger charge is 2.30. The summed E-state index contributed by atoms with van der Waals surface area (Å²) >= 11 is 0. The molecular formula is C20H22N2O3. The Bertz CT molecular complexity index is 771. The van der Waals surface area contributed by atoms with E-state index in [4.69, 9.17) is 4.74 Å². The number of benzene rings is 2. The third-order valence-corrected chi connectivity index (χ3v) is 4.45. The number of ether oxygens (including phenoxy) is 1. The summed E-state index contributed by atoms with van der Waals surface area (Å²) in [6, 6.07) is 15.0. The molecule has 0 spiro atoms. The van der Waals surface area contributed by atoms with Crippen molar-refractivity contribution in [1.82, 2.24) is 5.32 Å². The van der Waals surface area contributed by atoms with Crippen LogP contribution in [0.3, 0.4) is 0 Å². The molecule has 1 aliphatic rings. The highest BCUT2D eigenvalue weighted by atomic mass is 16.5. The minimum Gasteiger partial charge on any atom is -0.496 e. The van der Waals surface area contributed by atoms with E-state index in [9.17, 15) is 9.59 Å². The normalized spacial score (nSPS) is 16.8. The summed E-state index contributed by atoms with van der Waals surface area (Å²) in [6.07, 6.45) is 0.445. The number of hydrogen-bond acceptors (Lipinski definition) is 3. The SMILES string of the molecule is COc1ccccc1C(=O)NC[C@@H]1CC(=O)N(c2ccc(C)cc2)C1. The second-order valence-corrected chi connectivity index (χ2v) is 6.32. The quantitative estimate of drug-likeness (QED) is 0.912. The molecule has 0 aliphatic carbocycles. The van der Waals surface area contributed by atoms with Crippen LogP contribution < -0.4 is 15.0 Å². The molecule has 1 fully saturated rings. The predicted molar refractivity (Wildman–Crippen MR) is 97.0 cm³/mol. The average Bonchev–Trinajstić information content (AvgIpc) is 3.01. The number of rotatable bonds is 5. The first kappa shape index (κ1) is 17.0. The molecule has 1 aliphatic heterocycles. The van der Waals surface area contributed by atoms with Crippen LogP contribution in [0.4, 0.5) is 5.69 Å².